The van der Waals surface area contributed by atoms with Crippen molar-refractivity contribution in [3.63, 3.8) is 0 Å². The first-order valence-electron chi connectivity index (χ1n) is 5.89. The van der Waals surface area contributed by atoms with Crippen LogP contribution in [0.15, 0.2) is 23.6 Å². The number of halogens is 3. The number of oxime groups is 1. The van der Waals surface area contributed by atoms with Gasteiger partial charge in [-0.25, -0.2) is 0 Å². The largest absolute Gasteiger partial charge is 0.417 e. The molecule has 0 fully saturated rings. The van der Waals surface area contributed by atoms with E-state index in [1.54, 1.807) is 0 Å². The van der Waals surface area contributed by atoms with Gasteiger partial charge in [-0.1, -0.05) is 5.16 Å². The number of hydrogen-bond donors (Lipinski definition) is 1. The molecule has 21 heavy (non-hydrogen) atoms. The smallest absolute Gasteiger partial charge is 0.394 e. The molecule has 1 rings (SSSR count). The van der Waals surface area contributed by atoms with Crippen LogP contribution in [0.2, 0.25) is 0 Å². The quantitative estimate of drug-likeness (QED) is 0.470. The summed E-state index contributed by atoms with van der Waals surface area (Å²) < 4.78 is 42.8. The Hall–Kier alpha value is -2.16. The summed E-state index contributed by atoms with van der Waals surface area (Å²) in [6.45, 7) is 0.522. The molecule has 0 aliphatic rings. The Morgan fingerprint density at radius 3 is 2.90 bits per heavy atom. The molecule has 0 saturated carbocycles. The molecular weight excluding hydrogens is 291 g/mol. The van der Waals surface area contributed by atoms with Crippen LogP contribution in [0.1, 0.15) is 15.9 Å². The van der Waals surface area contributed by atoms with E-state index in [1.807, 2.05) is 0 Å². The number of amides is 1. The highest BCUT2D eigenvalue weighted by molar-refractivity contribution is 5.96. The van der Waals surface area contributed by atoms with Crippen molar-refractivity contribution in [3.8, 4) is 0 Å². The van der Waals surface area contributed by atoms with Crippen molar-refractivity contribution < 1.29 is 27.5 Å². The van der Waals surface area contributed by atoms with Crippen molar-refractivity contribution in [3.05, 3.63) is 29.6 Å². The van der Waals surface area contributed by atoms with Gasteiger partial charge in [0.2, 0.25) is 0 Å². The minimum absolute atomic E-state index is 0.0714. The van der Waals surface area contributed by atoms with Crippen molar-refractivity contribution in [2.75, 3.05) is 26.9 Å². The Labute approximate surface area is 118 Å². The van der Waals surface area contributed by atoms with Crippen LogP contribution in [0.3, 0.4) is 0 Å². The first-order valence-corrected chi connectivity index (χ1v) is 5.89. The molecule has 0 unspecified atom stereocenters. The first kappa shape index (κ1) is 16.9. The number of carbonyl (C=O) groups is 1. The summed E-state index contributed by atoms with van der Waals surface area (Å²) in [4.78, 5) is 19.9. The van der Waals surface area contributed by atoms with Crippen LogP contribution >= 0.6 is 0 Å². The van der Waals surface area contributed by atoms with E-state index in [9.17, 15) is 18.0 Å². The minimum Gasteiger partial charge on any atom is -0.394 e. The molecule has 1 amide bonds. The highest BCUT2D eigenvalue weighted by Crippen LogP contribution is 2.31. The second-order valence-electron chi connectivity index (χ2n) is 3.74. The number of carbonyl (C=O) groups excluding carboxylic acids is 1. The lowest BCUT2D eigenvalue weighted by Gasteiger charge is -2.11. The Kier molecular flexibility index (Phi) is 6.60. The van der Waals surface area contributed by atoms with Gasteiger partial charge in [0.15, 0.2) is 0 Å². The molecule has 0 spiro atoms. The van der Waals surface area contributed by atoms with Gasteiger partial charge < -0.3 is 14.9 Å². The summed E-state index contributed by atoms with van der Waals surface area (Å²) in [5.74, 6) is -0.890. The number of nitrogens with one attached hydrogen (secondary N) is 1. The van der Waals surface area contributed by atoms with Crippen LogP contribution in [0.5, 0.6) is 0 Å². The third-order valence-electron chi connectivity index (χ3n) is 2.25. The molecule has 1 heterocycles. The van der Waals surface area contributed by atoms with E-state index in [0.29, 0.717) is 6.61 Å². The molecular formula is C12H14F3N3O3. The molecule has 116 valence electrons. The van der Waals surface area contributed by atoms with E-state index in [4.69, 9.17) is 9.57 Å². The van der Waals surface area contributed by atoms with Crippen molar-refractivity contribution in [1.82, 2.24) is 10.3 Å². The fourth-order valence-corrected chi connectivity index (χ4v) is 1.32. The maximum absolute atomic E-state index is 12.7. The van der Waals surface area contributed by atoms with Crippen LogP contribution in [-0.4, -0.2) is 44.0 Å². The lowest BCUT2D eigenvalue weighted by Crippen LogP contribution is -2.28. The Morgan fingerprint density at radius 2 is 2.24 bits per heavy atom. The van der Waals surface area contributed by atoms with Crippen LogP contribution < -0.4 is 5.32 Å². The summed E-state index contributed by atoms with van der Waals surface area (Å²) in [5, 5.41) is 5.75. The van der Waals surface area contributed by atoms with Crippen molar-refractivity contribution in [2.45, 2.75) is 6.18 Å². The zero-order valence-corrected chi connectivity index (χ0v) is 11.2. The molecule has 0 radical (unpaired) electrons. The third kappa shape index (κ3) is 5.78. The van der Waals surface area contributed by atoms with Crippen LogP contribution in [0.25, 0.3) is 0 Å². The van der Waals surface area contributed by atoms with E-state index in [2.05, 4.69) is 15.5 Å². The second-order valence-corrected chi connectivity index (χ2v) is 3.74. The molecule has 0 aromatic carbocycles. The van der Waals surface area contributed by atoms with Gasteiger partial charge in [-0.2, -0.15) is 13.2 Å². The first-order chi connectivity index (χ1) is 9.96. The number of hydrogen-bond acceptors (Lipinski definition) is 5. The fraction of sp³-hybridized carbons (Fsp3) is 0.417. The van der Waals surface area contributed by atoms with Crippen LogP contribution in [0, 0.1) is 0 Å². The molecule has 0 saturated heterocycles. The van der Waals surface area contributed by atoms with Gasteiger partial charge in [0.25, 0.3) is 5.91 Å². The molecule has 0 aliphatic heterocycles. The summed E-state index contributed by atoms with van der Waals surface area (Å²) in [5.41, 5.74) is -1.58. The van der Waals surface area contributed by atoms with E-state index < -0.39 is 23.2 Å². The molecule has 0 atom stereocenters. The maximum Gasteiger partial charge on any atom is 0.417 e. The third-order valence-corrected chi connectivity index (χ3v) is 2.25. The molecule has 1 aromatic rings. The normalized spacial score (nSPS) is 11.6. The van der Waals surface area contributed by atoms with E-state index >= 15 is 0 Å². The van der Waals surface area contributed by atoms with Gasteiger partial charge in [0, 0.05) is 19.5 Å². The molecule has 0 bridgehead atoms. The van der Waals surface area contributed by atoms with Gasteiger partial charge in [-0.05, 0) is 6.07 Å². The SMILES string of the molecule is COCCON=CCNC(=O)c1cnccc1C(F)(F)F. The zero-order valence-electron chi connectivity index (χ0n) is 11.2. The van der Waals surface area contributed by atoms with E-state index in [0.717, 1.165) is 18.5 Å². The summed E-state index contributed by atoms with van der Waals surface area (Å²) in [6, 6.07) is 0.747. The number of ether oxygens (including phenoxy) is 1. The van der Waals surface area contributed by atoms with Gasteiger partial charge in [-0.15, -0.1) is 0 Å². The summed E-state index contributed by atoms with van der Waals surface area (Å²) in [7, 11) is 1.50. The molecule has 6 nitrogen and oxygen atoms in total. The lowest BCUT2D eigenvalue weighted by atomic mass is 10.1. The van der Waals surface area contributed by atoms with Crippen LogP contribution in [0.4, 0.5) is 13.2 Å². The highest BCUT2D eigenvalue weighted by atomic mass is 19.4. The molecule has 1 aromatic heterocycles. The van der Waals surface area contributed by atoms with Crippen molar-refractivity contribution in [2.24, 2.45) is 5.16 Å². The Morgan fingerprint density at radius 1 is 1.48 bits per heavy atom. The van der Waals surface area contributed by atoms with E-state index in [-0.39, 0.29) is 13.2 Å². The standard InChI is InChI=1S/C12H14F3N3O3/c1-20-6-7-21-18-5-4-17-11(19)9-8-16-3-2-10(9)12(13,14)15/h2-3,5,8H,4,6-7H2,1H3,(H,17,19). The zero-order chi connectivity index (χ0) is 15.7. The number of nitrogens with zero attached hydrogens (tertiary/aromatic N) is 2. The van der Waals surface area contributed by atoms with Crippen molar-refractivity contribution in [1.29, 1.82) is 0 Å². The van der Waals surface area contributed by atoms with Crippen LogP contribution in [-0.2, 0) is 15.8 Å². The minimum atomic E-state index is -4.62. The number of rotatable bonds is 7. The second kappa shape index (κ2) is 8.20. The van der Waals surface area contributed by atoms with Gasteiger partial charge in [-0.3, -0.25) is 9.78 Å². The van der Waals surface area contributed by atoms with E-state index in [1.165, 1.54) is 13.3 Å². The predicted octanol–water partition coefficient (Wildman–Crippen LogP) is 1.48. The average Bonchev–Trinajstić information content (AvgIpc) is 2.45. The Bertz CT molecular complexity index is 492. The number of methoxy groups -OCH3 is 1. The fourth-order valence-electron chi connectivity index (χ4n) is 1.32. The monoisotopic (exact) mass is 305 g/mol. The van der Waals surface area contributed by atoms with Gasteiger partial charge in [0.05, 0.1) is 30.5 Å². The number of alkyl halides is 3. The number of aromatic nitrogens is 1. The highest BCUT2D eigenvalue weighted by Gasteiger charge is 2.35. The summed E-state index contributed by atoms with van der Waals surface area (Å²) >= 11 is 0. The van der Waals surface area contributed by atoms with Gasteiger partial charge in [0.1, 0.15) is 6.61 Å². The molecule has 9 heteroatoms. The average molecular weight is 305 g/mol. The molecule has 0 aliphatic carbocycles. The lowest BCUT2D eigenvalue weighted by molar-refractivity contribution is -0.138. The van der Waals surface area contributed by atoms with Crippen molar-refractivity contribution >= 4 is 12.1 Å². The Balaban J connectivity index is 2.53. The maximum atomic E-state index is 12.7. The number of pyridine rings is 1. The molecule has 1 N–H and O–H groups in total. The topological polar surface area (TPSA) is 72.8 Å². The summed E-state index contributed by atoms with van der Waals surface area (Å²) in [6.07, 6.45) is -1.56. The predicted molar refractivity (Wildman–Crippen MR) is 67.9 cm³/mol. The van der Waals surface area contributed by atoms with Gasteiger partial charge >= 0.3 is 6.18 Å².